The van der Waals surface area contributed by atoms with Gasteiger partial charge in [-0.1, -0.05) is 0 Å². The van der Waals surface area contributed by atoms with Crippen LogP contribution in [-0.2, 0) is 4.79 Å². The van der Waals surface area contributed by atoms with Crippen molar-refractivity contribution in [1.29, 1.82) is 0 Å². The van der Waals surface area contributed by atoms with E-state index in [4.69, 9.17) is 0 Å². The summed E-state index contributed by atoms with van der Waals surface area (Å²) in [4.78, 5) is 23.7. The molecule has 1 aliphatic carbocycles. The highest BCUT2D eigenvalue weighted by molar-refractivity contribution is 5.98. The maximum absolute atomic E-state index is 13.7. The molecule has 0 aromatic heterocycles. The topological polar surface area (TPSA) is 30.0 Å². The summed E-state index contributed by atoms with van der Waals surface area (Å²) in [5.74, 6) is 1.34. The number of hydrogen-bond donors (Lipinski definition) is 0. The van der Waals surface area contributed by atoms with Gasteiger partial charge >= 0.3 is 0 Å². The fourth-order valence-electron chi connectivity index (χ4n) is 7.20. The molecular formula is C28H42N4O. The van der Waals surface area contributed by atoms with Gasteiger partial charge in [0.05, 0.1) is 5.41 Å². The van der Waals surface area contributed by atoms with E-state index < -0.39 is 0 Å². The lowest BCUT2D eigenvalue weighted by Crippen LogP contribution is -2.54. The van der Waals surface area contributed by atoms with E-state index in [2.05, 4.69) is 50.8 Å². The average molecular weight is 451 g/mol. The minimum Gasteiger partial charge on any atom is -0.370 e. The average Bonchev–Trinajstić information content (AvgIpc) is 3.33. The second-order valence-corrected chi connectivity index (χ2v) is 11.7. The number of nitrogens with zero attached hydrogens (tertiary/aromatic N) is 4. The highest BCUT2D eigenvalue weighted by Crippen LogP contribution is 2.43. The Bertz CT molecular complexity index is 842. The number of piperidine rings is 2. The molecule has 1 spiro atoms. The minimum atomic E-state index is -0.106. The van der Waals surface area contributed by atoms with Crippen LogP contribution in [0.15, 0.2) is 24.3 Å². The first-order valence-corrected chi connectivity index (χ1v) is 13.8. The van der Waals surface area contributed by atoms with Gasteiger partial charge in [-0.3, -0.25) is 9.69 Å². The predicted octanol–water partition coefficient (Wildman–Crippen LogP) is 4.37. The molecule has 6 rings (SSSR count). The number of rotatable bonds is 5. The maximum atomic E-state index is 13.7. The summed E-state index contributed by atoms with van der Waals surface area (Å²) in [6, 6.07) is 10.4. The van der Waals surface area contributed by atoms with E-state index in [9.17, 15) is 4.79 Å². The Kier molecular flexibility index (Phi) is 5.90. The van der Waals surface area contributed by atoms with E-state index >= 15 is 0 Å². The van der Waals surface area contributed by atoms with Crippen LogP contribution < -0.4 is 9.80 Å². The molecule has 4 heterocycles. The third-order valence-corrected chi connectivity index (χ3v) is 9.53. The first-order chi connectivity index (χ1) is 16.1. The number of benzene rings is 1. The highest BCUT2D eigenvalue weighted by Gasteiger charge is 2.46. The molecule has 0 N–H and O–H groups in total. The molecule has 33 heavy (non-hydrogen) atoms. The Balaban J connectivity index is 1.09. The molecule has 1 aromatic rings. The van der Waals surface area contributed by atoms with Crippen LogP contribution in [0.3, 0.4) is 0 Å². The molecule has 4 saturated heterocycles. The van der Waals surface area contributed by atoms with Crippen LogP contribution in [0.2, 0.25) is 0 Å². The van der Waals surface area contributed by atoms with Gasteiger partial charge < -0.3 is 14.7 Å². The largest absolute Gasteiger partial charge is 0.370 e. The molecule has 1 unspecified atom stereocenters. The number of anilines is 2. The summed E-state index contributed by atoms with van der Waals surface area (Å²) in [5, 5.41) is 0. The van der Waals surface area contributed by atoms with E-state index in [1.54, 1.807) is 0 Å². The van der Waals surface area contributed by atoms with Crippen LogP contribution in [0.1, 0.15) is 64.7 Å². The van der Waals surface area contributed by atoms with Crippen molar-refractivity contribution >= 4 is 17.3 Å². The summed E-state index contributed by atoms with van der Waals surface area (Å²) < 4.78 is 0. The van der Waals surface area contributed by atoms with E-state index in [-0.39, 0.29) is 5.41 Å². The van der Waals surface area contributed by atoms with Crippen LogP contribution in [0.5, 0.6) is 0 Å². The molecule has 4 aliphatic heterocycles. The van der Waals surface area contributed by atoms with Crippen molar-refractivity contribution in [2.75, 3.05) is 55.6 Å². The number of amides is 1. The number of carbonyl (C=O) groups excluding carboxylic acids is 1. The van der Waals surface area contributed by atoms with Gasteiger partial charge in [0, 0.05) is 49.6 Å². The third kappa shape index (κ3) is 4.32. The van der Waals surface area contributed by atoms with Gasteiger partial charge in [-0.2, -0.15) is 0 Å². The maximum Gasteiger partial charge on any atom is 0.233 e. The van der Waals surface area contributed by atoms with E-state index in [1.165, 1.54) is 50.9 Å². The second kappa shape index (κ2) is 8.88. The van der Waals surface area contributed by atoms with Crippen LogP contribution >= 0.6 is 0 Å². The Morgan fingerprint density at radius 2 is 1.61 bits per heavy atom. The van der Waals surface area contributed by atoms with Crippen molar-refractivity contribution in [2.45, 2.75) is 76.8 Å². The summed E-state index contributed by atoms with van der Waals surface area (Å²) in [5.41, 5.74) is 2.32. The van der Waals surface area contributed by atoms with Crippen LogP contribution in [-0.4, -0.2) is 73.6 Å². The van der Waals surface area contributed by atoms with Crippen LogP contribution in [0.25, 0.3) is 0 Å². The molecule has 5 nitrogen and oxygen atoms in total. The van der Waals surface area contributed by atoms with Crippen molar-refractivity contribution in [2.24, 2.45) is 11.3 Å². The van der Waals surface area contributed by atoms with Gasteiger partial charge in [0.15, 0.2) is 0 Å². The molecule has 5 heteroatoms. The molecule has 5 aliphatic rings. The third-order valence-electron chi connectivity index (χ3n) is 9.53. The highest BCUT2D eigenvalue weighted by atomic mass is 16.2. The van der Waals surface area contributed by atoms with Crippen molar-refractivity contribution in [3.63, 3.8) is 0 Å². The van der Waals surface area contributed by atoms with E-state index in [0.29, 0.717) is 11.9 Å². The van der Waals surface area contributed by atoms with Crippen molar-refractivity contribution in [3.05, 3.63) is 24.3 Å². The summed E-state index contributed by atoms with van der Waals surface area (Å²) in [6.07, 6.45) is 11.1. The fraction of sp³-hybridized carbons (Fsp3) is 0.750. The summed E-state index contributed by atoms with van der Waals surface area (Å²) in [6.45, 7) is 10.3. The normalized spacial score (nSPS) is 31.1. The molecule has 5 fully saturated rings. The van der Waals surface area contributed by atoms with Gasteiger partial charge in [-0.05, 0) is 115 Å². The van der Waals surface area contributed by atoms with Crippen molar-refractivity contribution in [1.82, 2.24) is 9.80 Å². The van der Waals surface area contributed by atoms with Crippen molar-refractivity contribution in [3.8, 4) is 0 Å². The second-order valence-electron chi connectivity index (χ2n) is 11.7. The molecule has 1 amide bonds. The Labute approximate surface area is 200 Å². The minimum absolute atomic E-state index is 0.106. The van der Waals surface area contributed by atoms with Crippen LogP contribution in [0.4, 0.5) is 11.4 Å². The first kappa shape index (κ1) is 21.9. The molecule has 1 saturated carbocycles. The van der Waals surface area contributed by atoms with Crippen LogP contribution in [0, 0.1) is 11.3 Å². The summed E-state index contributed by atoms with van der Waals surface area (Å²) >= 11 is 0. The van der Waals surface area contributed by atoms with Crippen molar-refractivity contribution < 1.29 is 4.79 Å². The molecule has 0 radical (unpaired) electrons. The molecule has 0 bridgehead atoms. The Hall–Kier alpha value is -1.59. The quantitative estimate of drug-likeness (QED) is 0.666. The Morgan fingerprint density at radius 1 is 0.848 bits per heavy atom. The molecule has 180 valence electrons. The standard InChI is InChI=1S/C28H42N4O/c1-22-4-2-15-31(22)26-11-17-30(21-26)24-7-9-25(10-8-24)32-16-3-12-28(27(32)33)13-18-29(19-14-28)20-23-5-6-23/h7-10,22-23,26H,2-6,11-21H2,1H3/t22-,26?/m0/s1. The van der Waals surface area contributed by atoms with Gasteiger partial charge in [-0.25, -0.2) is 0 Å². The molecule has 1 aromatic carbocycles. The zero-order valence-electron chi connectivity index (χ0n) is 20.6. The predicted molar refractivity (Wildman–Crippen MR) is 135 cm³/mol. The van der Waals surface area contributed by atoms with Gasteiger partial charge in [0.25, 0.3) is 0 Å². The monoisotopic (exact) mass is 450 g/mol. The number of carbonyl (C=O) groups is 1. The van der Waals surface area contributed by atoms with Gasteiger partial charge in [0.1, 0.15) is 0 Å². The number of likely N-dealkylation sites (tertiary alicyclic amines) is 2. The van der Waals surface area contributed by atoms with E-state index in [0.717, 1.165) is 76.1 Å². The lowest BCUT2D eigenvalue weighted by Gasteiger charge is -2.46. The summed E-state index contributed by atoms with van der Waals surface area (Å²) in [7, 11) is 0. The molecular weight excluding hydrogens is 408 g/mol. The zero-order chi connectivity index (χ0) is 22.4. The fourth-order valence-corrected chi connectivity index (χ4v) is 7.20. The zero-order valence-corrected chi connectivity index (χ0v) is 20.6. The SMILES string of the molecule is C[C@H]1CCCN1C1CCN(c2ccc(N3CCCC4(CCN(CC5CC5)CC4)C3=O)cc2)C1. The smallest absolute Gasteiger partial charge is 0.233 e. The lowest BCUT2D eigenvalue weighted by molar-refractivity contribution is -0.133. The Morgan fingerprint density at radius 3 is 2.30 bits per heavy atom. The van der Waals surface area contributed by atoms with Gasteiger partial charge in [0.2, 0.25) is 5.91 Å². The van der Waals surface area contributed by atoms with E-state index in [1.807, 2.05) is 0 Å². The first-order valence-electron chi connectivity index (χ1n) is 13.8. The van der Waals surface area contributed by atoms with Gasteiger partial charge in [-0.15, -0.1) is 0 Å². The number of hydrogen-bond acceptors (Lipinski definition) is 4. The molecule has 2 atom stereocenters. The lowest BCUT2D eigenvalue weighted by atomic mass is 9.71.